The van der Waals surface area contributed by atoms with E-state index < -0.39 is 23.5 Å². The van der Waals surface area contributed by atoms with Crippen LogP contribution < -0.4 is 14.4 Å². The Kier molecular flexibility index (Phi) is 6.47. The molecule has 0 saturated carbocycles. The quantitative estimate of drug-likeness (QED) is 0.602. The number of methoxy groups -OCH3 is 2. The van der Waals surface area contributed by atoms with Gasteiger partial charge in [0.2, 0.25) is 5.78 Å². The number of quaternary nitrogens is 1. The summed E-state index contributed by atoms with van der Waals surface area (Å²) in [6.45, 7) is 1.23. The third-order valence-corrected chi connectivity index (χ3v) is 5.09. The number of furan rings is 1. The monoisotopic (exact) mass is 415 g/mol. The van der Waals surface area contributed by atoms with E-state index in [1.165, 1.54) is 36.3 Å². The Labute approximate surface area is 175 Å². The highest BCUT2D eigenvalue weighted by Crippen LogP contribution is 2.41. The molecule has 8 nitrogen and oxygen atoms in total. The van der Waals surface area contributed by atoms with Crippen LogP contribution in [0.2, 0.25) is 0 Å². The molecule has 0 unspecified atom stereocenters. The van der Waals surface area contributed by atoms with E-state index >= 15 is 0 Å². The van der Waals surface area contributed by atoms with Gasteiger partial charge in [0.15, 0.2) is 23.0 Å². The second-order valence-electron chi connectivity index (χ2n) is 7.39. The van der Waals surface area contributed by atoms with E-state index in [0.717, 1.165) is 6.54 Å². The number of nitrogens with one attached hydrogen (secondary N) is 1. The summed E-state index contributed by atoms with van der Waals surface area (Å²) in [7, 11) is 7.10. The highest BCUT2D eigenvalue weighted by Gasteiger charge is 2.44. The van der Waals surface area contributed by atoms with Crippen LogP contribution in [0.3, 0.4) is 0 Å². The lowest BCUT2D eigenvalue weighted by atomic mass is 9.94. The number of hydrogen-bond acceptors (Lipinski definition) is 6. The number of ketones is 1. The van der Waals surface area contributed by atoms with Crippen molar-refractivity contribution >= 4 is 11.7 Å². The number of benzene rings is 1. The van der Waals surface area contributed by atoms with Gasteiger partial charge in [-0.3, -0.25) is 9.59 Å². The number of rotatable bonds is 9. The smallest absolute Gasteiger partial charge is 0.290 e. The molecule has 2 heterocycles. The van der Waals surface area contributed by atoms with Crippen molar-refractivity contribution < 1.29 is 33.5 Å². The van der Waals surface area contributed by atoms with Gasteiger partial charge in [-0.15, -0.1) is 0 Å². The summed E-state index contributed by atoms with van der Waals surface area (Å²) in [5, 5.41) is 10.6. The lowest BCUT2D eigenvalue weighted by Gasteiger charge is -2.27. The van der Waals surface area contributed by atoms with Gasteiger partial charge in [-0.2, -0.15) is 0 Å². The predicted molar refractivity (Wildman–Crippen MR) is 109 cm³/mol. The standard InChI is InChI=1S/C22H26N2O6/c1-23(2)10-6-11-24-19(14-8-9-15(28-3)17(13-14)29-4)18(21(26)22(24)27)20(25)16-7-5-12-30-16/h5,7-9,12-13,19,26H,6,10-11H2,1-4H3/p+1/t19-/m1/s1. The maximum absolute atomic E-state index is 13.1. The molecule has 0 fully saturated rings. The average molecular weight is 415 g/mol. The molecule has 160 valence electrons. The summed E-state index contributed by atoms with van der Waals surface area (Å²) in [6, 6.07) is 7.53. The first-order valence-electron chi connectivity index (χ1n) is 9.72. The lowest BCUT2D eigenvalue weighted by molar-refractivity contribution is -0.858. The number of ether oxygens (including phenoxy) is 2. The first-order chi connectivity index (χ1) is 14.4. The van der Waals surface area contributed by atoms with E-state index in [4.69, 9.17) is 13.9 Å². The Hall–Kier alpha value is -3.26. The molecule has 1 amide bonds. The van der Waals surface area contributed by atoms with Gasteiger partial charge in [0, 0.05) is 13.0 Å². The zero-order valence-corrected chi connectivity index (χ0v) is 17.6. The molecule has 0 bridgehead atoms. The molecule has 8 heteroatoms. The summed E-state index contributed by atoms with van der Waals surface area (Å²) in [6.07, 6.45) is 2.10. The zero-order valence-electron chi connectivity index (χ0n) is 17.6. The number of amides is 1. The summed E-state index contributed by atoms with van der Waals surface area (Å²) in [4.78, 5) is 28.8. The van der Waals surface area contributed by atoms with Crippen LogP contribution in [-0.4, -0.2) is 63.1 Å². The largest absolute Gasteiger partial charge is 0.503 e. The molecule has 1 aliphatic heterocycles. The molecule has 1 aliphatic rings. The van der Waals surface area contributed by atoms with Gasteiger partial charge >= 0.3 is 0 Å². The Bertz CT molecular complexity index is 949. The van der Waals surface area contributed by atoms with Crippen LogP contribution in [-0.2, 0) is 4.79 Å². The van der Waals surface area contributed by atoms with Crippen molar-refractivity contribution in [2.24, 2.45) is 0 Å². The summed E-state index contributed by atoms with van der Waals surface area (Å²) in [5.41, 5.74) is 0.636. The number of aliphatic hydroxyl groups is 1. The molecule has 3 rings (SSSR count). The lowest BCUT2D eigenvalue weighted by Crippen LogP contribution is -3.05. The fraction of sp³-hybridized carbons (Fsp3) is 0.364. The van der Waals surface area contributed by atoms with E-state index in [1.807, 2.05) is 14.1 Å². The van der Waals surface area contributed by atoms with Crippen LogP contribution in [0.5, 0.6) is 11.5 Å². The maximum atomic E-state index is 13.1. The van der Waals surface area contributed by atoms with Crippen LogP contribution in [0.25, 0.3) is 0 Å². The number of nitrogens with zero attached hydrogens (tertiary/aromatic N) is 1. The first kappa shape index (κ1) is 21.4. The molecule has 1 aromatic carbocycles. The van der Waals surface area contributed by atoms with Crippen LogP contribution in [0.1, 0.15) is 28.6 Å². The van der Waals surface area contributed by atoms with Crippen molar-refractivity contribution in [2.45, 2.75) is 12.5 Å². The molecule has 30 heavy (non-hydrogen) atoms. The van der Waals surface area contributed by atoms with Crippen LogP contribution in [0.4, 0.5) is 0 Å². The molecule has 0 spiro atoms. The van der Waals surface area contributed by atoms with Crippen LogP contribution >= 0.6 is 0 Å². The number of Topliss-reactive ketones (excluding diaryl/α,β-unsaturated/α-hetero) is 1. The van der Waals surface area contributed by atoms with Crippen molar-refractivity contribution in [3.8, 4) is 11.5 Å². The molecule has 2 aromatic rings. The number of hydrogen-bond donors (Lipinski definition) is 2. The minimum Gasteiger partial charge on any atom is -0.503 e. The molecule has 0 aliphatic carbocycles. The molecular formula is C22H27N2O6+. The van der Waals surface area contributed by atoms with Gasteiger partial charge in [-0.1, -0.05) is 6.07 Å². The van der Waals surface area contributed by atoms with Gasteiger partial charge in [-0.25, -0.2) is 0 Å². The fourth-order valence-corrected chi connectivity index (χ4v) is 3.63. The van der Waals surface area contributed by atoms with Crippen LogP contribution in [0, 0.1) is 0 Å². The van der Waals surface area contributed by atoms with Crippen LogP contribution in [0.15, 0.2) is 52.3 Å². The van der Waals surface area contributed by atoms with Crippen molar-refractivity contribution in [3.05, 3.63) is 59.3 Å². The third-order valence-electron chi connectivity index (χ3n) is 5.09. The zero-order chi connectivity index (χ0) is 21.8. The summed E-state index contributed by atoms with van der Waals surface area (Å²) < 4.78 is 15.9. The second kappa shape index (κ2) is 9.04. The summed E-state index contributed by atoms with van der Waals surface area (Å²) in [5.74, 6) is -0.579. The Morgan fingerprint density at radius 3 is 2.53 bits per heavy atom. The van der Waals surface area contributed by atoms with E-state index in [1.54, 1.807) is 24.3 Å². The van der Waals surface area contributed by atoms with Crippen molar-refractivity contribution in [2.75, 3.05) is 41.4 Å². The van der Waals surface area contributed by atoms with E-state index in [2.05, 4.69) is 0 Å². The topological polar surface area (TPSA) is 93.7 Å². The van der Waals surface area contributed by atoms with Gasteiger partial charge in [0.25, 0.3) is 5.91 Å². The first-order valence-corrected chi connectivity index (χ1v) is 9.72. The molecule has 1 atom stereocenters. The Morgan fingerprint density at radius 1 is 1.20 bits per heavy atom. The minimum atomic E-state index is -0.757. The highest BCUT2D eigenvalue weighted by atomic mass is 16.5. The average Bonchev–Trinajstić information content (AvgIpc) is 3.35. The van der Waals surface area contributed by atoms with Crippen molar-refractivity contribution in [3.63, 3.8) is 0 Å². The van der Waals surface area contributed by atoms with Crippen molar-refractivity contribution in [1.82, 2.24) is 4.90 Å². The van der Waals surface area contributed by atoms with E-state index in [-0.39, 0.29) is 11.3 Å². The Balaban J connectivity index is 2.05. The van der Waals surface area contributed by atoms with Gasteiger partial charge in [0.1, 0.15) is 0 Å². The van der Waals surface area contributed by atoms with Gasteiger partial charge in [-0.05, 0) is 29.8 Å². The third kappa shape index (κ3) is 4.04. The van der Waals surface area contributed by atoms with Gasteiger partial charge in [0.05, 0.1) is 52.7 Å². The van der Waals surface area contributed by atoms with E-state index in [0.29, 0.717) is 30.0 Å². The second-order valence-corrected chi connectivity index (χ2v) is 7.39. The van der Waals surface area contributed by atoms with Gasteiger partial charge < -0.3 is 28.8 Å². The fourth-order valence-electron chi connectivity index (χ4n) is 3.63. The Morgan fingerprint density at radius 2 is 1.93 bits per heavy atom. The normalized spacial score (nSPS) is 16.5. The molecule has 0 radical (unpaired) electrons. The number of carbonyl (C=O) groups is 2. The number of aliphatic hydroxyl groups excluding tert-OH is 1. The maximum Gasteiger partial charge on any atom is 0.290 e. The molecule has 1 aromatic heterocycles. The SMILES string of the molecule is COc1ccc([C@@H]2C(C(=O)c3ccco3)=C(O)C(=O)N2CCC[NH+](C)C)cc1OC. The number of carbonyl (C=O) groups excluding carboxylic acids is 2. The molecular weight excluding hydrogens is 388 g/mol. The molecule has 0 saturated heterocycles. The van der Waals surface area contributed by atoms with E-state index in [9.17, 15) is 14.7 Å². The van der Waals surface area contributed by atoms with Crippen molar-refractivity contribution in [1.29, 1.82) is 0 Å². The minimum absolute atomic E-state index is 0.000583. The molecule has 2 N–H and O–H groups in total. The highest BCUT2D eigenvalue weighted by molar-refractivity contribution is 6.15. The predicted octanol–water partition coefficient (Wildman–Crippen LogP) is 1.41. The summed E-state index contributed by atoms with van der Waals surface area (Å²) >= 11 is 0.